The molecule has 0 radical (unpaired) electrons. The van der Waals surface area contributed by atoms with E-state index in [0.717, 1.165) is 0 Å². The first-order chi connectivity index (χ1) is 4.79. The van der Waals surface area contributed by atoms with Gasteiger partial charge in [0.05, 0.1) is 0 Å². The normalized spacial score (nSPS) is 22.0. The first kappa shape index (κ1) is 9.28. The van der Waals surface area contributed by atoms with Crippen LogP contribution in [0.1, 0.15) is 27.7 Å². The van der Waals surface area contributed by atoms with Gasteiger partial charge in [0, 0.05) is 6.04 Å². The Bertz CT molecular complexity index is 134. The molecule has 0 aliphatic carbocycles. The molecule has 58 valence electrons. The highest BCUT2D eigenvalue weighted by molar-refractivity contribution is 5.20. The van der Waals surface area contributed by atoms with Gasteiger partial charge in [0.25, 0.3) is 0 Å². The van der Waals surface area contributed by atoms with Crippen LogP contribution in [0.15, 0.2) is 23.9 Å². The van der Waals surface area contributed by atoms with Gasteiger partial charge < -0.3 is 5.32 Å². The van der Waals surface area contributed by atoms with Crippen LogP contribution in [0.3, 0.4) is 0 Å². The monoisotopic (exact) mass is 139 g/mol. The van der Waals surface area contributed by atoms with Crippen LogP contribution < -0.4 is 5.32 Å². The molecule has 1 heteroatoms. The second-order valence-electron chi connectivity index (χ2n) is 2.20. The van der Waals surface area contributed by atoms with Crippen molar-refractivity contribution >= 4 is 0 Å². The molecular weight excluding hydrogens is 122 g/mol. The summed E-state index contributed by atoms with van der Waals surface area (Å²) in [5.74, 6) is 0. The van der Waals surface area contributed by atoms with Crippen LogP contribution in [0.25, 0.3) is 0 Å². The Balaban J connectivity index is 0.000000371. The Morgan fingerprint density at radius 3 is 2.30 bits per heavy atom. The molecule has 1 atom stereocenters. The fourth-order valence-corrected chi connectivity index (χ4v) is 0.663. The molecule has 1 rings (SSSR count). The molecule has 0 bridgehead atoms. The van der Waals surface area contributed by atoms with Crippen LogP contribution in [0.2, 0.25) is 0 Å². The van der Waals surface area contributed by atoms with Gasteiger partial charge in [-0.2, -0.15) is 0 Å². The van der Waals surface area contributed by atoms with E-state index in [4.69, 9.17) is 0 Å². The van der Waals surface area contributed by atoms with Gasteiger partial charge >= 0.3 is 0 Å². The molecule has 1 nitrogen and oxygen atoms in total. The minimum absolute atomic E-state index is 0.513. The second-order valence-corrected chi connectivity index (χ2v) is 2.20. The predicted octanol–water partition coefficient (Wildman–Crippen LogP) is 2.46. The van der Waals surface area contributed by atoms with Crippen LogP contribution in [-0.2, 0) is 0 Å². The van der Waals surface area contributed by atoms with E-state index in [0.29, 0.717) is 6.04 Å². The van der Waals surface area contributed by atoms with Crippen LogP contribution in [0.5, 0.6) is 0 Å². The van der Waals surface area contributed by atoms with Crippen LogP contribution in [0, 0.1) is 0 Å². The third kappa shape index (κ3) is 3.33. The molecule has 0 fully saturated rings. The molecular formula is C9H17N. The van der Waals surface area contributed by atoms with E-state index in [1.54, 1.807) is 0 Å². The van der Waals surface area contributed by atoms with Crippen LogP contribution in [0.4, 0.5) is 0 Å². The van der Waals surface area contributed by atoms with Crippen LogP contribution >= 0.6 is 0 Å². The molecule has 0 aromatic rings. The Hall–Kier alpha value is -0.720. The molecule has 1 N–H and O–H groups in total. The summed E-state index contributed by atoms with van der Waals surface area (Å²) >= 11 is 0. The maximum Gasteiger partial charge on any atom is 0.0413 e. The van der Waals surface area contributed by atoms with E-state index in [1.165, 1.54) is 5.57 Å². The molecule has 1 aliphatic heterocycles. The van der Waals surface area contributed by atoms with Crippen molar-refractivity contribution in [1.29, 1.82) is 0 Å². The lowest BCUT2D eigenvalue weighted by molar-refractivity contribution is 0.753. The number of allylic oxidation sites excluding steroid dienone is 2. The average molecular weight is 139 g/mol. The second kappa shape index (κ2) is 5.10. The minimum Gasteiger partial charge on any atom is -0.385 e. The van der Waals surface area contributed by atoms with Crippen molar-refractivity contribution in [3.63, 3.8) is 0 Å². The van der Waals surface area contributed by atoms with Gasteiger partial charge in [-0.15, -0.1) is 0 Å². The highest BCUT2D eigenvalue weighted by Gasteiger charge is 1.95. The van der Waals surface area contributed by atoms with E-state index in [2.05, 4.69) is 31.3 Å². The molecule has 1 unspecified atom stereocenters. The Labute approximate surface area is 63.8 Å². The van der Waals surface area contributed by atoms with E-state index >= 15 is 0 Å². The van der Waals surface area contributed by atoms with Crippen molar-refractivity contribution in [2.24, 2.45) is 0 Å². The zero-order valence-electron chi connectivity index (χ0n) is 7.31. The summed E-state index contributed by atoms with van der Waals surface area (Å²) in [4.78, 5) is 0. The minimum atomic E-state index is 0.513. The summed E-state index contributed by atoms with van der Waals surface area (Å²) in [7, 11) is 0. The first-order valence-electron chi connectivity index (χ1n) is 3.90. The number of hydrogen-bond donors (Lipinski definition) is 1. The Morgan fingerprint density at radius 1 is 1.40 bits per heavy atom. The topological polar surface area (TPSA) is 12.0 Å². The average Bonchev–Trinajstić information content (AvgIpc) is 2.00. The van der Waals surface area contributed by atoms with Crippen molar-refractivity contribution in [3.05, 3.63) is 23.9 Å². The standard InChI is InChI=1S/C7H11N.C2H6/c1-6-3-4-7(2)8-5-6;1-2/h3-5,7-8H,1-2H3;1-2H3. The highest BCUT2D eigenvalue weighted by Crippen LogP contribution is 2.00. The van der Waals surface area contributed by atoms with Gasteiger partial charge in [0.1, 0.15) is 0 Å². The van der Waals surface area contributed by atoms with Crippen molar-refractivity contribution < 1.29 is 0 Å². The molecule has 1 heterocycles. The number of nitrogens with one attached hydrogen (secondary N) is 1. The summed E-state index contributed by atoms with van der Waals surface area (Å²) < 4.78 is 0. The Morgan fingerprint density at radius 2 is 2.00 bits per heavy atom. The summed E-state index contributed by atoms with van der Waals surface area (Å²) in [5, 5.41) is 3.18. The third-order valence-corrected chi connectivity index (χ3v) is 1.22. The number of rotatable bonds is 0. The molecule has 0 aromatic heterocycles. The maximum atomic E-state index is 3.18. The first-order valence-corrected chi connectivity index (χ1v) is 3.90. The number of hydrogen-bond acceptors (Lipinski definition) is 1. The van der Waals surface area contributed by atoms with E-state index in [1.807, 2.05) is 20.0 Å². The molecule has 1 aliphatic rings. The van der Waals surface area contributed by atoms with Crippen molar-refractivity contribution in [2.45, 2.75) is 33.7 Å². The highest BCUT2D eigenvalue weighted by atomic mass is 14.9. The molecule has 0 saturated carbocycles. The molecule has 0 spiro atoms. The Kier molecular flexibility index (Phi) is 4.73. The third-order valence-electron chi connectivity index (χ3n) is 1.22. The van der Waals surface area contributed by atoms with Gasteiger partial charge in [0.2, 0.25) is 0 Å². The van der Waals surface area contributed by atoms with Gasteiger partial charge in [-0.25, -0.2) is 0 Å². The quantitative estimate of drug-likeness (QED) is 0.543. The van der Waals surface area contributed by atoms with E-state index < -0.39 is 0 Å². The van der Waals surface area contributed by atoms with Crippen molar-refractivity contribution in [2.75, 3.05) is 0 Å². The van der Waals surface area contributed by atoms with E-state index in [9.17, 15) is 0 Å². The molecule has 10 heavy (non-hydrogen) atoms. The fraction of sp³-hybridized carbons (Fsp3) is 0.556. The maximum absolute atomic E-state index is 3.18. The lowest BCUT2D eigenvalue weighted by Crippen LogP contribution is -2.20. The lowest BCUT2D eigenvalue weighted by atomic mass is 10.2. The summed E-state index contributed by atoms with van der Waals surface area (Å²) in [6.07, 6.45) is 6.31. The SMILES string of the molecule is CC.CC1=CNC(C)C=C1. The summed E-state index contributed by atoms with van der Waals surface area (Å²) in [5.41, 5.74) is 1.29. The van der Waals surface area contributed by atoms with Crippen molar-refractivity contribution in [3.8, 4) is 0 Å². The van der Waals surface area contributed by atoms with Gasteiger partial charge in [0.15, 0.2) is 0 Å². The molecule has 0 amide bonds. The van der Waals surface area contributed by atoms with Crippen LogP contribution in [-0.4, -0.2) is 6.04 Å². The zero-order chi connectivity index (χ0) is 7.98. The smallest absolute Gasteiger partial charge is 0.0413 e. The number of dihydropyridines is 1. The van der Waals surface area contributed by atoms with Gasteiger partial charge in [-0.1, -0.05) is 26.0 Å². The van der Waals surface area contributed by atoms with E-state index in [-0.39, 0.29) is 0 Å². The predicted molar refractivity (Wildman–Crippen MR) is 46.8 cm³/mol. The summed E-state index contributed by atoms with van der Waals surface area (Å²) in [6.45, 7) is 8.20. The molecule has 0 aromatic carbocycles. The fourth-order valence-electron chi connectivity index (χ4n) is 0.663. The van der Waals surface area contributed by atoms with Gasteiger partial charge in [-0.05, 0) is 25.6 Å². The largest absolute Gasteiger partial charge is 0.385 e. The zero-order valence-corrected chi connectivity index (χ0v) is 7.31. The lowest BCUT2D eigenvalue weighted by Gasteiger charge is -2.10. The summed E-state index contributed by atoms with van der Waals surface area (Å²) in [6, 6.07) is 0.513. The van der Waals surface area contributed by atoms with Crippen molar-refractivity contribution in [1.82, 2.24) is 5.32 Å². The molecule has 0 saturated heterocycles. The van der Waals surface area contributed by atoms with Gasteiger partial charge in [-0.3, -0.25) is 0 Å².